The van der Waals surface area contributed by atoms with Crippen LogP contribution in [0.4, 0.5) is 0 Å². The van der Waals surface area contributed by atoms with Crippen molar-refractivity contribution in [2.75, 3.05) is 20.6 Å². The quantitative estimate of drug-likeness (QED) is 0.104. The molecule has 0 radical (unpaired) electrons. The number of ether oxygens (including phenoxy) is 1. The van der Waals surface area contributed by atoms with E-state index in [1.165, 1.54) is 58.2 Å². The zero-order valence-corrected chi connectivity index (χ0v) is 34.2. The van der Waals surface area contributed by atoms with Crippen LogP contribution in [0.1, 0.15) is 122 Å². The lowest BCUT2D eigenvalue weighted by molar-refractivity contribution is -0.148. The van der Waals surface area contributed by atoms with Gasteiger partial charge in [-0.25, -0.2) is 4.98 Å². The molecule has 1 aromatic heterocycles. The van der Waals surface area contributed by atoms with Gasteiger partial charge in [0.05, 0.1) is 24.1 Å². The number of carboxylic acid groups (broad SMARTS) is 1. The number of nitrogens with two attached hydrogens (primary N) is 2. The van der Waals surface area contributed by atoms with Crippen LogP contribution < -0.4 is 22.1 Å². The summed E-state index contributed by atoms with van der Waals surface area (Å²) < 4.78 is 5.46. The maximum absolute atomic E-state index is 13.0. The number of nitrogens with zero attached hydrogens (tertiary/aromatic N) is 1. The third-order valence-electron chi connectivity index (χ3n) is 7.68. The molecule has 0 bridgehead atoms. The van der Waals surface area contributed by atoms with Crippen LogP contribution in [0.3, 0.4) is 0 Å². The number of carbonyl (C=O) groups is 5. The lowest BCUT2D eigenvalue weighted by atomic mass is 9.88. The minimum absolute atomic E-state index is 0.0784. The van der Waals surface area contributed by atoms with Gasteiger partial charge in [-0.3, -0.25) is 19.2 Å². The van der Waals surface area contributed by atoms with Crippen LogP contribution in [0.25, 0.3) is 0 Å². The van der Waals surface area contributed by atoms with Crippen LogP contribution in [-0.2, 0) is 35.1 Å². The monoisotopic (exact) mass is 751 g/mol. The van der Waals surface area contributed by atoms with Crippen molar-refractivity contribution >= 4 is 42.3 Å². The van der Waals surface area contributed by atoms with Gasteiger partial charge >= 0.3 is 11.9 Å². The molecule has 3 unspecified atom stereocenters. The summed E-state index contributed by atoms with van der Waals surface area (Å²) in [5.74, 6) is -1.62. The van der Waals surface area contributed by atoms with Crippen molar-refractivity contribution in [3.8, 4) is 0 Å². The number of nitrogens with one attached hydrogen (secondary N) is 2. The predicted octanol–water partition coefficient (Wildman–Crippen LogP) is 6.08. The van der Waals surface area contributed by atoms with Crippen molar-refractivity contribution in [3.63, 3.8) is 0 Å². The first-order chi connectivity index (χ1) is 24.8. The van der Waals surface area contributed by atoms with Crippen LogP contribution in [0.5, 0.6) is 0 Å². The van der Waals surface area contributed by atoms with E-state index in [0.29, 0.717) is 36.4 Å². The van der Waals surface area contributed by atoms with Gasteiger partial charge < -0.3 is 36.7 Å². The van der Waals surface area contributed by atoms with Crippen molar-refractivity contribution in [1.82, 2.24) is 15.6 Å². The van der Waals surface area contributed by atoms with Crippen LogP contribution in [0.15, 0.2) is 35.7 Å². The van der Waals surface area contributed by atoms with Gasteiger partial charge in [0.15, 0.2) is 11.9 Å². The minimum Gasteiger partial charge on any atom is -0.481 e. The Morgan fingerprint density at radius 2 is 1.65 bits per heavy atom. The van der Waals surface area contributed by atoms with Gasteiger partial charge in [0.2, 0.25) is 6.41 Å². The average molecular weight is 752 g/mol. The Hall–Kier alpha value is -3.52. The Kier molecular flexibility index (Phi) is 33.9. The number of ketones is 1. The van der Waals surface area contributed by atoms with Gasteiger partial charge in [0, 0.05) is 24.3 Å². The Morgan fingerprint density at radius 1 is 1.08 bits per heavy atom. The summed E-state index contributed by atoms with van der Waals surface area (Å²) in [4.78, 5) is 60.1. The molecule has 1 amide bonds. The maximum atomic E-state index is 13.0. The smallest absolute Gasteiger partial charge is 0.306 e. The highest BCUT2D eigenvalue weighted by molar-refractivity contribution is 7.09. The highest BCUT2D eigenvalue weighted by Crippen LogP contribution is 2.33. The molecule has 0 aliphatic carbocycles. The number of hydrogen-bond donors (Lipinski definition) is 5. The molecule has 0 saturated carbocycles. The van der Waals surface area contributed by atoms with E-state index in [2.05, 4.69) is 49.8 Å². The van der Waals surface area contributed by atoms with E-state index < -0.39 is 30.0 Å². The molecule has 13 heteroatoms. The molecule has 52 heavy (non-hydrogen) atoms. The standard InChI is InChI=1S/C26H34N2O6S.C6H13N.C4H10.2CH5N.CH2O/c1-5-16(2)24(27-15-29)22(31)13-23(34-18(4)30)25-28-21(14-35-25)20(11-17(3)26(32)33)12-19-9-7-6-8-10-19;1-6-4-2-3-5-7-6;1-4(2)3;3*1-2/h6-10,14-17,20,23-24H,5,11-13H2,1-4H3,(H,27,29)(H,32,33);6-7H,2-5H2,1H3;4H,1-3H3;2*2H2,1H3;1H2/t16-,17?,20?,23?,24-;6-;;;;/m00..../s1. The van der Waals surface area contributed by atoms with Gasteiger partial charge in [-0.05, 0) is 70.6 Å². The number of benzene rings is 1. The van der Waals surface area contributed by atoms with Crippen molar-refractivity contribution in [3.05, 3.63) is 52.0 Å². The molecule has 7 N–H and O–H groups in total. The predicted molar refractivity (Wildman–Crippen MR) is 212 cm³/mol. The number of aromatic nitrogens is 1. The Bertz CT molecular complexity index is 1190. The molecule has 1 fully saturated rings. The van der Waals surface area contributed by atoms with Crippen LogP contribution in [-0.4, -0.2) is 73.7 Å². The second-order valence-corrected chi connectivity index (χ2v) is 13.9. The maximum Gasteiger partial charge on any atom is 0.306 e. The van der Waals surface area contributed by atoms with Crippen molar-refractivity contribution in [2.45, 2.75) is 124 Å². The number of esters is 1. The molecule has 1 saturated heterocycles. The fraction of sp³-hybridized carbons (Fsp3) is 0.641. The fourth-order valence-electron chi connectivity index (χ4n) is 4.97. The molecule has 1 aliphatic rings. The zero-order valence-electron chi connectivity index (χ0n) is 33.4. The second-order valence-electron chi connectivity index (χ2n) is 13.0. The number of aliphatic carboxylic acids is 1. The van der Waals surface area contributed by atoms with E-state index in [1.54, 1.807) is 6.92 Å². The summed E-state index contributed by atoms with van der Waals surface area (Å²) in [5, 5.41) is 17.7. The first-order valence-corrected chi connectivity index (χ1v) is 19.0. The van der Waals surface area contributed by atoms with Crippen molar-refractivity contribution < 1.29 is 33.8 Å². The van der Waals surface area contributed by atoms with Crippen molar-refractivity contribution in [1.29, 1.82) is 0 Å². The molecule has 3 rings (SSSR count). The van der Waals surface area contributed by atoms with Gasteiger partial charge in [-0.1, -0.05) is 84.7 Å². The van der Waals surface area contributed by atoms with E-state index in [-0.39, 0.29) is 24.0 Å². The van der Waals surface area contributed by atoms with Gasteiger partial charge in [-0.15, -0.1) is 11.3 Å². The molecule has 1 aromatic carbocycles. The summed E-state index contributed by atoms with van der Waals surface area (Å²) in [6.45, 7) is 18.7. The van der Waals surface area contributed by atoms with Gasteiger partial charge in [0.25, 0.3) is 0 Å². The molecule has 2 aromatic rings. The van der Waals surface area contributed by atoms with Crippen LogP contribution >= 0.6 is 11.3 Å². The Morgan fingerprint density at radius 3 is 2.08 bits per heavy atom. The normalized spacial score (nSPS) is 15.8. The highest BCUT2D eigenvalue weighted by Gasteiger charge is 2.30. The molecule has 1 aliphatic heterocycles. The fourth-order valence-corrected chi connectivity index (χ4v) is 5.90. The molecule has 2 heterocycles. The summed E-state index contributed by atoms with van der Waals surface area (Å²) in [7, 11) is 3.00. The molecule has 6 atom stereocenters. The number of amides is 1. The van der Waals surface area contributed by atoms with E-state index >= 15 is 0 Å². The van der Waals surface area contributed by atoms with Gasteiger partial charge in [-0.2, -0.15) is 0 Å². The van der Waals surface area contributed by atoms with E-state index in [0.717, 1.165) is 17.5 Å². The number of Topliss-reactive ketones (excluding diaryl/α,β-unsaturated/α-hetero) is 1. The summed E-state index contributed by atoms with van der Waals surface area (Å²) in [6, 6.07) is 9.87. The number of hydrogen-bond acceptors (Lipinski definition) is 11. The number of piperidine rings is 1. The topological polar surface area (TPSA) is 204 Å². The van der Waals surface area contributed by atoms with Crippen LogP contribution in [0.2, 0.25) is 0 Å². The molecule has 0 spiro atoms. The molecular weight excluding hydrogens is 683 g/mol. The lowest BCUT2D eigenvalue weighted by Crippen LogP contribution is -2.41. The first-order valence-electron chi connectivity index (χ1n) is 18.1. The SMILES string of the molecule is C=O.CC(C)C.CC[C@H](C)[C@H](NC=O)C(=O)CC(OC(C)=O)c1nc(C(Cc2ccccc2)CC(C)C(=O)O)cs1.CN.CN.C[C@H]1CCCCN1. The second kappa shape index (κ2) is 33.3. The summed E-state index contributed by atoms with van der Waals surface area (Å²) in [5.41, 5.74) is 10.8. The Labute approximate surface area is 317 Å². The third-order valence-corrected chi connectivity index (χ3v) is 8.63. The van der Waals surface area contributed by atoms with E-state index in [4.69, 9.17) is 14.5 Å². The minimum atomic E-state index is -0.881. The highest BCUT2D eigenvalue weighted by atomic mass is 32.1. The summed E-state index contributed by atoms with van der Waals surface area (Å²) >= 11 is 1.28. The lowest BCUT2D eigenvalue weighted by Gasteiger charge is -2.23. The van der Waals surface area contributed by atoms with Gasteiger partial charge in [0.1, 0.15) is 11.8 Å². The van der Waals surface area contributed by atoms with Crippen LogP contribution in [0, 0.1) is 17.8 Å². The van der Waals surface area contributed by atoms with E-state index in [9.17, 15) is 24.3 Å². The Balaban J connectivity index is -0.00000117. The average Bonchev–Trinajstić information content (AvgIpc) is 3.63. The number of thiazole rings is 1. The first kappa shape index (κ1) is 52.8. The number of carbonyl (C=O) groups excluding carboxylic acids is 4. The molecule has 12 nitrogen and oxygen atoms in total. The number of carboxylic acids is 1. The van der Waals surface area contributed by atoms with E-state index in [1.807, 2.05) is 56.3 Å². The zero-order chi connectivity index (χ0) is 40.6. The molecule has 298 valence electrons. The third kappa shape index (κ3) is 24.6. The number of rotatable bonds is 15. The van der Waals surface area contributed by atoms with Crippen molar-refractivity contribution in [2.24, 2.45) is 29.2 Å². The largest absolute Gasteiger partial charge is 0.481 e. The summed E-state index contributed by atoms with van der Waals surface area (Å²) in [6.07, 6.45) is 5.39. The molecular formula is C39H69N5O7S.